The first-order valence-electron chi connectivity index (χ1n) is 7.99. The van der Waals surface area contributed by atoms with E-state index in [0.29, 0.717) is 23.8 Å². The predicted molar refractivity (Wildman–Crippen MR) is 101 cm³/mol. The number of hydrogen-bond donors (Lipinski definition) is 4. The van der Waals surface area contributed by atoms with Gasteiger partial charge in [0.15, 0.2) is 0 Å². The number of benzene rings is 2. The van der Waals surface area contributed by atoms with Crippen LogP contribution in [0.15, 0.2) is 66.2 Å². The molecule has 6 nitrogen and oxygen atoms in total. The van der Waals surface area contributed by atoms with E-state index in [1.807, 2.05) is 47.5 Å². The van der Waals surface area contributed by atoms with Crippen LogP contribution in [0.1, 0.15) is 5.56 Å². The van der Waals surface area contributed by atoms with Gasteiger partial charge in [-0.15, -0.1) is 5.53 Å². The Labute approximate surface area is 150 Å². The van der Waals surface area contributed by atoms with Crippen LogP contribution in [0.4, 0.5) is 11.4 Å². The van der Waals surface area contributed by atoms with Crippen molar-refractivity contribution in [3.05, 3.63) is 76.8 Å². The van der Waals surface area contributed by atoms with Gasteiger partial charge in [-0.2, -0.15) is 0 Å². The zero-order valence-electron chi connectivity index (χ0n) is 13.4. The number of hydrogen-bond acceptors (Lipinski definition) is 6. The number of aliphatic hydroxyl groups excluding tert-OH is 1. The Morgan fingerprint density at radius 2 is 1.84 bits per heavy atom. The summed E-state index contributed by atoms with van der Waals surface area (Å²) in [6.07, 6.45) is 1.91. The first-order valence-corrected chi connectivity index (χ1v) is 8.37. The van der Waals surface area contributed by atoms with Crippen molar-refractivity contribution in [1.82, 2.24) is 10.9 Å². The highest BCUT2D eigenvalue weighted by Gasteiger charge is 2.34. The molecule has 5 N–H and O–H groups in total. The molecule has 0 bridgehead atoms. The van der Waals surface area contributed by atoms with Gasteiger partial charge in [0.1, 0.15) is 5.70 Å². The number of halogens is 1. The summed E-state index contributed by atoms with van der Waals surface area (Å²) < 4.78 is 0. The molecule has 0 saturated heterocycles. The third-order valence-electron chi connectivity index (χ3n) is 4.14. The molecule has 0 aliphatic carbocycles. The molecule has 2 heterocycles. The first kappa shape index (κ1) is 15.8. The predicted octanol–water partition coefficient (Wildman–Crippen LogP) is 2.72. The molecule has 2 aliphatic heterocycles. The van der Waals surface area contributed by atoms with Gasteiger partial charge in [-0.25, -0.2) is 5.01 Å². The maximum absolute atomic E-state index is 10.7. The van der Waals surface area contributed by atoms with E-state index in [0.717, 1.165) is 22.6 Å². The molecule has 0 unspecified atom stereocenters. The number of para-hydroxylation sites is 1. The number of nitrogens with two attached hydrogens (primary N) is 1. The van der Waals surface area contributed by atoms with Crippen LogP contribution in [0.2, 0.25) is 5.02 Å². The van der Waals surface area contributed by atoms with Gasteiger partial charge in [0, 0.05) is 29.4 Å². The zero-order chi connectivity index (χ0) is 17.4. The molecule has 4 rings (SSSR count). The van der Waals surface area contributed by atoms with Gasteiger partial charge in [-0.05, 0) is 36.4 Å². The van der Waals surface area contributed by atoms with Gasteiger partial charge in [0.25, 0.3) is 0 Å². The van der Waals surface area contributed by atoms with Gasteiger partial charge in [0.2, 0.25) is 5.88 Å². The van der Waals surface area contributed by atoms with Crippen molar-refractivity contribution >= 4 is 28.7 Å². The van der Waals surface area contributed by atoms with Crippen LogP contribution in [-0.2, 0) is 0 Å². The summed E-state index contributed by atoms with van der Waals surface area (Å²) in [6.45, 7) is 1.19. The molecule has 0 fully saturated rings. The fourth-order valence-electron chi connectivity index (χ4n) is 2.96. The molecule has 128 valence electrons. The molecule has 7 heteroatoms. The van der Waals surface area contributed by atoms with Crippen LogP contribution in [0.3, 0.4) is 0 Å². The van der Waals surface area contributed by atoms with E-state index in [1.54, 1.807) is 17.1 Å². The molecular formula is C18H18ClN5O. The Balaban J connectivity index is 1.77. The number of anilines is 2. The summed E-state index contributed by atoms with van der Waals surface area (Å²) >= 11 is 5.96. The Morgan fingerprint density at radius 3 is 2.60 bits per heavy atom. The minimum atomic E-state index is 0.115. The second-order valence-electron chi connectivity index (χ2n) is 5.75. The maximum atomic E-state index is 10.7. The number of nitrogens with zero attached hydrogens (tertiary/aromatic N) is 2. The highest BCUT2D eigenvalue weighted by Crippen LogP contribution is 2.38. The van der Waals surface area contributed by atoms with E-state index in [4.69, 9.17) is 17.3 Å². The molecule has 0 aromatic heterocycles. The minimum absolute atomic E-state index is 0.115. The quantitative estimate of drug-likeness (QED) is 0.675. The molecule has 0 spiro atoms. The van der Waals surface area contributed by atoms with Crippen molar-refractivity contribution in [1.29, 1.82) is 0 Å². The van der Waals surface area contributed by atoms with Crippen LogP contribution in [0, 0.1) is 0 Å². The van der Waals surface area contributed by atoms with Gasteiger partial charge in [0.05, 0.1) is 11.4 Å². The molecule has 0 saturated carbocycles. The summed E-state index contributed by atoms with van der Waals surface area (Å²) in [5, 5.41) is 18.2. The van der Waals surface area contributed by atoms with Gasteiger partial charge in [-0.3, -0.25) is 5.01 Å². The molecule has 0 atom stereocenters. The number of rotatable bonds is 4. The third kappa shape index (κ3) is 2.70. The van der Waals surface area contributed by atoms with Crippen molar-refractivity contribution in [2.24, 2.45) is 5.73 Å². The summed E-state index contributed by atoms with van der Waals surface area (Å²) in [5.41, 5.74) is 13.2. The van der Waals surface area contributed by atoms with E-state index in [2.05, 4.69) is 10.9 Å². The average Bonchev–Trinajstić information content (AvgIpc) is 2.97. The number of aliphatic hydroxyl groups is 1. The second kappa shape index (κ2) is 6.33. The SMILES string of the molecule is NCCNC1=CC2=C(O)N(c3ccc(Cl)cc3)NN2c2ccccc21. The summed E-state index contributed by atoms with van der Waals surface area (Å²) in [4.78, 5) is 0. The topological polar surface area (TPSA) is 76.8 Å². The molecule has 2 aliphatic rings. The molecule has 2 aromatic rings. The van der Waals surface area contributed by atoms with E-state index in [1.165, 1.54) is 0 Å². The minimum Gasteiger partial charge on any atom is -0.492 e. The molecule has 0 amide bonds. The number of nitrogens with one attached hydrogen (secondary N) is 2. The van der Waals surface area contributed by atoms with Crippen LogP contribution in [0.5, 0.6) is 0 Å². The lowest BCUT2D eigenvalue weighted by atomic mass is 10.0. The number of allylic oxidation sites excluding steroid dienone is 1. The third-order valence-corrected chi connectivity index (χ3v) is 4.39. The van der Waals surface area contributed by atoms with E-state index >= 15 is 0 Å². The van der Waals surface area contributed by atoms with E-state index < -0.39 is 0 Å². The number of fused-ring (bicyclic) bond motifs is 3. The van der Waals surface area contributed by atoms with Crippen molar-refractivity contribution in [3.63, 3.8) is 0 Å². The normalized spacial score (nSPS) is 15.8. The van der Waals surface area contributed by atoms with E-state index in [9.17, 15) is 5.11 Å². The molecule has 25 heavy (non-hydrogen) atoms. The summed E-state index contributed by atoms with van der Waals surface area (Å²) in [6, 6.07) is 15.2. The van der Waals surface area contributed by atoms with Crippen molar-refractivity contribution < 1.29 is 5.11 Å². The summed E-state index contributed by atoms with van der Waals surface area (Å²) in [7, 11) is 0. The monoisotopic (exact) mass is 355 g/mol. The first-order chi connectivity index (χ1) is 12.2. The fraction of sp³-hybridized carbons (Fsp3) is 0.111. The lowest BCUT2D eigenvalue weighted by Crippen LogP contribution is -2.43. The zero-order valence-corrected chi connectivity index (χ0v) is 14.2. The highest BCUT2D eigenvalue weighted by molar-refractivity contribution is 6.30. The lowest BCUT2D eigenvalue weighted by molar-refractivity contribution is 0.388. The fourth-order valence-corrected chi connectivity index (χ4v) is 3.09. The Bertz CT molecular complexity index is 862. The van der Waals surface area contributed by atoms with Gasteiger partial charge < -0.3 is 16.2 Å². The summed E-state index contributed by atoms with van der Waals surface area (Å²) in [5.74, 6) is 0.115. The largest absolute Gasteiger partial charge is 0.492 e. The number of hydrazine groups is 2. The molecule has 0 radical (unpaired) electrons. The van der Waals surface area contributed by atoms with Gasteiger partial charge >= 0.3 is 0 Å². The van der Waals surface area contributed by atoms with Crippen molar-refractivity contribution in [2.45, 2.75) is 0 Å². The maximum Gasteiger partial charge on any atom is 0.234 e. The highest BCUT2D eigenvalue weighted by atomic mass is 35.5. The molecular weight excluding hydrogens is 338 g/mol. The smallest absolute Gasteiger partial charge is 0.234 e. The Morgan fingerprint density at radius 1 is 1.08 bits per heavy atom. The van der Waals surface area contributed by atoms with Crippen LogP contribution in [-0.4, -0.2) is 18.2 Å². The van der Waals surface area contributed by atoms with Crippen molar-refractivity contribution in [2.75, 3.05) is 23.1 Å². The van der Waals surface area contributed by atoms with Crippen molar-refractivity contribution in [3.8, 4) is 0 Å². The standard InChI is InChI=1S/C18H18ClN5O/c19-12-5-7-13(8-6-12)23-18(25)17-11-15(21-10-9-20)14-3-1-2-4-16(14)24(17)22-23/h1-8,11,21-22,25H,9-10,20H2. The van der Waals surface area contributed by atoms with Crippen LogP contribution < -0.4 is 26.6 Å². The van der Waals surface area contributed by atoms with E-state index in [-0.39, 0.29) is 5.88 Å². The second-order valence-corrected chi connectivity index (χ2v) is 6.18. The Kier molecular flexibility index (Phi) is 4.01. The van der Waals surface area contributed by atoms with Crippen LogP contribution >= 0.6 is 11.6 Å². The average molecular weight is 356 g/mol. The van der Waals surface area contributed by atoms with Gasteiger partial charge in [-0.1, -0.05) is 29.8 Å². The molecule has 2 aromatic carbocycles. The van der Waals surface area contributed by atoms with Crippen LogP contribution in [0.25, 0.3) is 5.70 Å². The Hall–Kier alpha value is -2.67. The lowest BCUT2D eigenvalue weighted by Gasteiger charge is -2.29.